The maximum Gasteiger partial charge on any atom is 0.330 e. The van der Waals surface area contributed by atoms with Gasteiger partial charge in [0.25, 0.3) is 0 Å². The Balaban J connectivity index is 4.65. The van der Waals surface area contributed by atoms with Crippen molar-refractivity contribution in [1.82, 2.24) is 10.6 Å². The lowest BCUT2D eigenvalue weighted by atomic mass is 10.0. The zero-order valence-corrected chi connectivity index (χ0v) is 34.7. The maximum absolute atomic E-state index is 12.8. The van der Waals surface area contributed by atoms with E-state index in [0.717, 1.165) is 45.6 Å². The van der Waals surface area contributed by atoms with Crippen LogP contribution in [0.5, 0.6) is 0 Å². The molecule has 0 aromatic heterocycles. The summed E-state index contributed by atoms with van der Waals surface area (Å²) in [6, 6.07) is -2.22. The van der Waals surface area contributed by atoms with Crippen molar-refractivity contribution in [1.29, 1.82) is 0 Å². The second-order valence-corrected chi connectivity index (χ2v) is 15.4. The summed E-state index contributed by atoms with van der Waals surface area (Å²) in [4.78, 5) is 61.6. The second kappa shape index (κ2) is 36.6. The molecule has 0 heterocycles. The predicted molar refractivity (Wildman–Crippen MR) is 214 cm³/mol. The highest BCUT2D eigenvalue weighted by Gasteiger charge is 2.26. The van der Waals surface area contributed by atoms with E-state index in [0.29, 0.717) is 18.6 Å². The summed E-state index contributed by atoms with van der Waals surface area (Å²) in [5, 5.41) is 14.3. The van der Waals surface area contributed by atoms with Crippen LogP contribution in [0.1, 0.15) is 181 Å². The van der Waals surface area contributed by atoms with Gasteiger partial charge >= 0.3 is 17.9 Å². The van der Waals surface area contributed by atoms with E-state index in [1.54, 1.807) is 0 Å². The van der Waals surface area contributed by atoms with Gasteiger partial charge in [0.2, 0.25) is 11.8 Å². The van der Waals surface area contributed by atoms with E-state index in [2.05, 4.69) is 29.2 Å². The Morgan fingerprint density at radius 1 is 0.642 bits per heavy atom. The number of carbonyl (C=O) groups is 5. The summed E-state index contributed by atoms with van der Waals surface area (Å²) in [5.41, 5.74) is 0. The van der Waals surface area contributed by atoms with Gasteiger partial charge in [0.05, 0.1) is 20.1 Å². The third-order valence-corrected chi connectivity index (χ3v) is 10.3. The van der Waals surface area contributed by atoms with E-state index in [4.69, 9.17) is 9.47 Å². The molecule has 0 rings (SSSR count). The normalized spacial score (nSPS) is 12.8. The molecule has 0 aliphatic rings. The minimum Gasteiger partial charge on any atom is -0.467 e. The molecule has 3 N–H and O–H groups in total. The van der Waals surface area contributed by atoms with E-state index in [9.17, 15) is 29.1 Å². The number of hydrogen-bond acceptors (Lipinski definition) is 10. The fourth-order valence-electron chi connectivity index (χ4n) is 6.10. The van der Waals surface area contributed by atoms with Crippen LogP contribution in [-0.4, -0.2) is 84.8 Å². The number of ether oxygens (including phenoxy) is 3. The molecule has 12 heteroatoms. The van der Waals surface area contributed by atoms with Crippen molar-refractivity contribution < 1.29 is 43.3 Å². The zero-order chi connectivity index (χ0) is 39.4. The summed E-state index contributed by atoms with van der Waals surface area (Å²) in [5.74, 6) is -2.07. The number of carbonyl (C=O) groups excluding carboxylic acids is 5. The zero-order valence-electron chi connectivity index (χ0n) is 33.9. The first-order chi connectivity index (χ1) is 25.7. The molecular weight excluding hydrogens is 697 g/mol. The summed E-state index contributed by atoms with van der Waals surface area (Å²) in [7, 11) is 1.14. The van der Waals surface area contributed by atoms with Gasteiger partial charge in [-0.05, 0) is 19.3 Å². The first kappa shape index (κ1) is 50.7. The van der Waals surface area contributed by atoms with Crippen LogP contribution < -0.4 is 10.6 Å². The average molecular weight is 773 g/mol. The molecule has 310 valence electrons. The molecule has 0 aromatic rings. The van der Waals surface area contributed by atoms with Crippen molar-refractivity contribution in [2.45, 2.75) is 199 Å². The fourth-order valence-corrected chi connectivity index (χ4v) is 6.94. The average Bonchev–Trinajstić information content (AvgIpc) is 3.13. The van der Waals surface area contributed by atoms with Crippen molar-refractivity contribution in [2.24, 2.45) is 0 Å². The van der Waals surface area contributed by atoms with E-state index in [-0.39, 0.29) is 24.7 Å². The Labute approximate surface area is 326 Å². The van der Waals surface area contributed by atoms with Crippen molar-refractivity contribution in [3.05, 3.63) is 0 Å². The molecular formula is C41H76N2O9S. The lowest BCUT2D eigenvalue weighted by Gasteiger charge is -2.20. The highest BCUT2D eigenvalue weighted by molar-refractivity contribution is 7.99. The quantitative estimate of drug-likeness (QED) is 0.0320. The highest BCUT2D eigenvalue weighted by atomic mass is 32.2. The van der Waals surface area contributed by atoms with E-state index in [1.807, 2.05) is 0 Å². The molecule has 0 aliphatic carbocycles. The van der Waals surface area contributed by atoms with Crippen LogP contribution in [0, 0.1) is 0 Å². The lowest BCUT2D eigenvalue weighted by molar-refractivity contribution is -0.155. The van der Waals surface area contributed by atoms with Gasteiger partial charge in [0.15, 0.2) is 6.04 Å². The summed E-state index contributed by atoms with van der Waals surface area (Å²) >= 11 is 1.28. The monoisotopic (exact) mass is 773 g/mol. The molecule has 0 spiro atoms. The summed E-state index contributed by atoms with van der Waals surface area (Å²) < 4.78 is 15.8. The van der Waals surface area contributed by atoms with E-state index >= 15 is 0 Å². The van der Waals surface area contributed by atoms with Gasteiger partial charge in [-0.15, -0.1) is 0 Å². The van der Waals surface area contributed by atoms with Crippen LogP contribution in [-0.2, 0) is 38.2 Å². The molecule has 53 heavy (non-hydrogen) atoms. The van der Waals surface area contributed by atoms with Gasteiger partial charge in [-0.2, -0.15) is 11.8 Å². The molecule has 0 saturated carbocycles. The first-order valence-electron chi connectivity index (χ1n) is 20.9. The van der Waals surface area contributed by atoms with Gasteiger partial charge in [0, 0.05) is 24.9 Å². The molecule has 0 bridgehead atoms. The number of aliphatic hydroxyl groups excluding tert-OH is 1. The molecule has 0 fully saturated rings. The largest absolute Gasteiger partial charge is 0.467 e. The summed E-state index contributed by atoms with van der Waals surface area (Å²) in [6.45, 7) is 5.17. The minimum absolute atomic E-state index is 0.000965. The Hall–Kier alpha value is -2.34. The number of rotatable bonds is 37. The highest BCUT2D eigenvalue weighted by Crippen LogP contribution is 2.17. The third-order valence-electron chi connectivity index (χ3n) is 9.26. The third kappa shape index (κ3) is 31.7. The van der Waals surface area contributed by atoms with Crippen molar-refractivity contribution in [3.63, 3.8) is 0 Å². The van der Waals surface area contributed by atoms with E-state index in [1.165, 1.54) is 121 Å². The Bertz CT molecular complexity index is 952. The number of methoxy groups -OCH3 is 1. The maximum atomic E-state index is 12.8. The smallest absolute Gasteiger partial charge is 0.330 e. The Morgan fingerprint density at radius 2 is 1.13 bits per heavy atom. The molecule has 0 aromatic carbocycles. The van der Waals surface area contributed by atoms with Gasteiger partial charge in [-0.1, -0.05) is 142 Å². The number of nitrogens with one attached hydrogen (secondary N) is 2. The van der Waals surface area contributed by atoms with Gasteiger partial charge in [-0.25, -0.2) is 4.79 Å². The second-order valence-electron chi connectivity index (χ2n) is 14.2. The van der Waals surface area contributed by atoms with Crippen LogP contribution in [0.15, 0.2) is 0 Å². The minimum atomic E-state index is -1.25. The van der Waals surface area contributed by atoms with E-state index < -0.39 is 48.5 Å². The molecule has 2 amide bonds. The van der Waals surface area contributed by atoms with Crippen LogP contribution in [0.3, 0.4) is 0 Å². The fraction of sp³-hybridized carbons (Fsp3) is 0.878. The molecule has 0 radical (unpaired) electrons. The molecule has 0 aliphatic heterocycles. The van der Waals surface area contributed by atoms with Gasteiger partial charge in [-0.3, -0.25) is 19.2 Å². The Kier molecular flexibility index (Phi) is 35.0. The lowest BCUT2D eigenvalue weighted by Crippen LogP contribution is -2.53. The number of hydrogen-bond donors (Lipinski definition) is 3. The Morgan fingerprint density at radius 3 is 1.60 bits per heavy atom. The van der Waals surface area contributed by atoms with Gasteiger partial charge in [0.1, 0.15) is 18.8 Å². The van der Waals surface area contributed by atoms with Crippen molar-refractivity contribution in [3.8, 4) is 0 Å². The number of amides is 2. The molecule has 3 atom stereocenters. The van der Waals surface area contributed by atoms with Crippen LogP contribution >= 0.6 is 11.8 Å². The SMILES string of the molecule is CCCCCCCCCCCCCCCC(=O)O[C@H](CCCCCCCCCCC)CC(=O)OCCSC[C@H](NC(C)=O)C(=O)N[C@@H](CO)C(=O)OC. The molecule has 0 saturated heterocycles. The standard InChI is InChI=1S/C41H76N2O9S/c1-5-7-9-11-13-15-16-17-18-20-22-24-26-28-38(46)52-35(27-25-23-21-19-14-12-10-8-6-2)31-39(47)51-29-30-53-33-37(42-34(3)45)40(48)43-36(32-44)41(49)50-4/h35-37,44H,5-33H2,1-4H3,(H,42,45)(H,43,48)/t35-,36+,37+/m1/s1. The van der Waals surface area contributed by atoms with Crippen LogP contribution in [0.4, 0.5) is 0 Å². The molecule has 11 nitrogen and oxygen atoms in total. The first-order valence-corrected chi connectivity index (χ1v) is 22.0. The van der Waals surface area contributed by atoms with Crippen molar-refractivity contribution in [2.75, 3.05) is 31.8 Å². The topological polar surface area (TPSA) is 157 Å². The van der Waals surface area contributed by atoms with Gasteiger partial charge < -0.3 is 30.0 Å². The van der Waals surface area contributed by atoms with Crippen molar-refractivity contribution >= 4 is 41.5 Å². The molecule has 0 unspecified atom stereocenters. The number of thioether (sulfide) groups is 1. The number of esters is 3. The van der Waals surface area contributed by atoms with Crippen LogP contribution in [0.2, 0.25) is 0 Å². The predicted octanol–water partition coefficient (Wildman–Crippen LogP) is 8.12. The summed E-state index contributed by atoms with van der Waals surface area (Å²) in [6.07, 6.45) is 27.2. The van der Waals surface area contributed by atoms with Crippen LogP contribution in [0.25, 0.3) is 0 Å². The number of aliphatic hydroxyl groups is 1. The number of unbranched alkanes of at least 4 members (excludes halogenated alkanes) is 20.